The lowest BCUT2D eigenvalue weighted by atomic mass is 10.1. The fourth-order valence-corrected chi connectivity index (χ4v) is 3.14. The molecule has 0 fully saturated rings. The zero-order chi connectivity index (χ0) is 22.9. The van der Waals surface area contributed by atoms with Crippen molar-refractivity contribution in [2.24, 2.45) is 0 Å². The second kappa shape index (κ2) is 8.10. The van der Waals surface area contributed by atoms with Gasteiger partial charge in [0.15, 0.2) is 0 Å². The normalized spacial score (nSPS) is 11.3. The van der Waals surface area contributed by atoms with Crippen LogP contribution in [0.5, 0.6) is 0 Å². The average Bonchev–Trinajstić information content (AvgIpc) is 3.19. The maximum absolute atomic E-state index is 12.9. The molecule has 2 amide bonds. The minimum absolute atomic E-state index is 0.112. The first-order valence-corrected chi connectivity index (χ1v) is 9.48. The quantitative estimate of drug-likeness (QED) is 0.327. The molecule has 0 aliphatic rings. The van der Waals surface area contributed by atoms with Gasteiger partial charge in [0, 0.05) is 22.2 Å². The zero-order valence-corrected chi connectivity index (χ0v) is 16.5. The van der Waals surface area contributed by atoms with Gasteiger partial charge in [-0.15, -0.1) is 0 Å². The molecule has 4 aromatic rings. The van der Waals surface area contributed by atoms with Crippen molar-refractivity contribution in [1.29, 1.82) is 0 Å². The third-order valence-corrected chi connectivity index (χ3v) is 4.81. The molecule has 0 aliphatic carbocycles. The number of halogens is 3. The van der Waals surface area contributed by atoms with E-state index in [9.17, 15) is 22.8 Å². The molecule has 0 radical (unpaired) electrons. The lowest BCUT2D eigenvalue weighted by molar-refractivity contribution is -0.137. The summed E-state index contributed by atoms with van der Waals surface area (Å²) < 4.78 is 38.6. The van der Waals surface area contributed by atoms with Crippen molar-refractivity contribution in [2.45, 2.75) is 6.18 Å². The number of amides is 2. The molecule has 9 heteroatoms. The van der Waals surface area contributed by atoms with Crippen LogP contribution in [0.25, 0.3) is 10.9 Å². The van der Waals surface area contributed by atoms with Gasteiger partial charge in [-0.05, 0) is 60.7 Å². The SMILES string of the molecule is Nc1ccccc1NC(=O)c1ccc(NC(=O)c2cc3cc(C(F)(F)F)ccc3[nH]2)cc1. The number of H-pyrrole nitrogens is 1. The molecule has 0 saturated heterocycles. The van der Waals surface area contributed by atoms with Gasteiger partial charge in [-0.1, -0.05) is 12.1 Å². The Labute approximate surface area is 180 Å². The number of rotatable bonds is 4. The Morgan fingerprint density at radius 3 is 2.25 bits per heavy atom. The number of benzene rings is 3. The van der Waals surface area contributed by atoms with E-state index >= 15 is 0 Å². The number of fused-ring (bicyclic) bond motifs is 1. The number of nitrogens with one attached hydrogen (secondary N) is 3. The van der Waals surface area contributed by atoms with Gasteiger partial charge in [0.1, 0.15) is 5.69 Å². The molecule has 0 aliphatic heterocycles. The van der Waals surface area contributed by atoms with Crippen LogP contribution in [0.4, 0.5) is 30.2 Å². The molecule has 5 N–H and O–H groups in total. The summed E-state index contributed by atoms with van der Waals surface area (Å²) in [7, 11) is 0. The molecule has 0 saturated carbocycles. The largest absolute Gasteiger partial charge is 0.416 e. The molecule has 1 aromatic heterocycles. The van der Waals surface area contributed by atoms with E-state index in [1.807, 2.05) is 0 Å². The summed E-state index contributed by atoms with van der Waals surface area (Å²) >= 11 is 0. The van der Waals surface area contributed by atoms with Crippen molar-refractivity contribution < 1.29 is 22.8 Å². The van der Waals surface area contributed by atoms with Gasteiger partial charge in [0.05, 0.1) is 16.9 Å². The van der Waals surface area contributed by atoms with Gasteiger partial charge < -0.3 is 21.4 Å². The van der Waals surface area contributed by atoms with E-state index in [0.717, 1.165) is 12.1 Å². The van der Waals surface area contributed by atoms with Crippen molar-refractivity contribution in [3.8, 4) is 0 Å². The molecule has 4 rings (SSSR count). The molecular weight excluding hydrogens is 421 g/mol. The first kappa shape index (κ1) is 21.0. The number of carbonyl (C=O) groups is 2. The molecule has 0 spiro atoms. The summed E-state index contributed by atoms with van der Waals surface area (Å²) in [6.45, 7) is 0. The number of nitrogens with two attached hydrogens (primary N) is 1. The van der Waals surface area contributed by atoms with Crippen LogP contribution >= 0.6 is 0 Å². The highest BCUT2D eigenvalue weighted by atomic mass is 19.4. The van der Waals surface area contributed by atoms with E-state index in [-0.39, 0.29) is 17.0 Å². The fourth-order valence-electron chi connectivity index (χ4n) is 3.14. The first-order chi connectivity index (χ1) is 15.2. The first-order valence-electron chi connectivity index (χ1n) is 9.48. The van der Waals surface area contributed by atoms with Crippen molar-refractivity contribution in [2.75, 3.05) is 16.4 Å². The number of aromatic nitrogens is 1. The zero-order valence-electron chi connectivity index (χ0n) is 16.5. The van der Waals surface area contributed by atoms with Crippen LogP contribution in [0, 0.1) is 0 Å². The molecule has 3 aromatic carbocycles. The van der Waals surface area contributed by atoms with Crippen LogP contribution in [0.3, 0.4) is 0 Å². The molecule has 0 bridgehead atoms. The van der Waals surface area contributed by atoms with Crippen LogP contribution in [0.1, 0.15) is 26.4 Å². The minimum Gasteiger partial charge on any atom is -0.397 e. The second-order valence-corrected chi connectivity index (χ2v) is 7.06. The number of carbonyl (C=O) groups excluding carboxylic acids is 2. The summed E-state index contributed by atoms with van der Waals surface area (Å²) in [5, 5.41) is 5.63. The summed E-state index contributed by atoms with van der Waals surface area (Å²) in [4.78, 5) is 27.7. The van der Waals surface area contributed by atoms with E-state index < -0.39 is 17.6 Å². The average molecular weight is 438 g/mol. The van der Waals surface area contributed by atoms with Crippen LogP contribution in [0.15, 0.2) is 72.8 Å². The smallest absolute Gasteiger partial charge is 0.397 e. The third-order valence-electron chi connectivity index (χ3n) is 4.81. The number of anilines is 3. The Balaban J connectivity index is 1.45. The molecule has 32 heavy (non-hydrogen) atoms. The maximum Gasteiger partial charge on any atom is 0.416 e. The topological polar surface area (TPSA) is 100 Å². The molecule has 0 unspecified atom stereocenters. The number of hydrogen-bond donors (Lipinski definition) is 4. The number of alkyl halides is 3. The predicted octanol–water partition coefficient (Wildman–Crippen LogP) is 5.27. The second-order valence-electron chi connectivity index (χ2n) is 7.06. The van der Waals surface area contributed by atoms with E-state index in [1.165, 1.54) is 24.3 Å². The van der Waals surface area contributed by atoms with Gasteiger partial charge >= 0.3 is 6.18 Å². The third kappa shape index (κ3) is 4.41. The van der Waals surface area contributed by atoms with Gasteiger partial charge in [0.25, 0.3) is 11.8 Å². The van der Waals surface area contributed by atoms with E-state index in [0.29, 0.717) is 28.1 Å². The van der Waals surface area contributed by atoms with Gasteiger partial charge in [-0.3, -0.25) is 9.59 Å². The highest BCUT2D eigenvalue weighted by molar-refractivity contribution is 6.07. The summed E-state index contributed by atoms with van der Waals surface area (Å²) in [6, 6.07) is 17.6. The van der Waals surface area contributed by atoms with Crippen molar-refractivity contribution >= 4 is 39.8 Å². The van der Waals surface area contributed by atoms with Crippen molar-refractivity contribution in [1.82, 2.24) is 4.98 Å². The highest BCUT2D eigenvalue weighted by Gasteiger charge is 2.30. The van der Waals surface area contributed by atoms with Gasteiger partial charge in [-0.25, -0.2) is 0 Å². The Hall–Kier alpha value is -4.27. The van der Waals surface area contributed by atoms with E-state index in [2.05, 4.69) is 15.6 Å². The highest BCUT2D eigenvalue weighted by Crippen LogP contribution is 2.31. The number of aromatic amines is 1. The Bertz CT molecular complexity index is 1310. The maximum atomic E-state index is 12.9. The standard InChI is InChI=1S/C23H17F3N4O2/c24-23(25,26)15-7-10-18-14(11-15)12-20(29-18)22(32)28-16-8-5-13(6-9-16)21(31)30-19-4-2-1-3-17(19)27/h1-12,29H,27H2,(H,28,32)(H,30,31). The predicted molar refractivity (Wildman–Crippen MR) is 117 cm³/mol. The Morgan fingerprint density at radius 2 is 1.56 bits per heavy atom. The number of hydrogen-bond acceptors (Lipinski definition) is 3. The monoisotopic (exact) mass is 438 g/mol. The molecule has 1 heterocycles. The van der Waals surface area contributed by atoms with Gasteiger partial charge in [0.2, 0.25) is 0 Å². The molecule has 6 nitrogen and oxygen atoms in total. The van der Waals surface area contributed by atoms with Crippen LogP contribution in [0.2, 0.25) is 0 Å². The van der Waals surface area contributed by atoms with Gasteiger partial charge in [-0.2, -0.15) is 13.2 Å². The molecule has 162 valence electrons. The van der Waals surface area contributed by atoms with Crippen molar-refractivity contribution in [3.63, 3.8) is 0 Å². The van der Waals surface area contributed by atoms with Crippen LogP contribution in [-0.4, -0.2) is 16.8 Å². The number of nitrogen functional groups attached to an aromatic ring is 1. The Morgan fingerprint density at radius 1 is 0.844 bits per heavy atom. The minimum atomic E-state index is -4.46. The summed E-state index contributed by atoms with van der Waals surface area (Å²) in [6.07, 6.45) is -4.46. The lowest BCUT2D eigenvalue weighted by Crippen LogP contribution is -2.14. The number of para-hydroxylation sites is 2. The van der Waals surface area contributed by atoms with E-state index in [4.69, 9.17) is 5.73 Å². The van der Waals surface area contributed by atoms with E-state index in [1.54, 1.807) is 36.4 Å². The van der Waals surface area contributed by atoms with Crippen molar-refractivity contribution in [3.05, 3.63) is 89.6 Å². The summed E-state index contributed by atoms with van der Waals surface area (Å²) in [5.74, 6) is -0.888. The lowest BCUT2D eigenvalue weighted by Gasteiger charge is -2.09. The Kier molecular flexibility index (Phi) is 5.31. The van der Waals surface area contributed by atoms with Crippen LogP contribution in [-0.2, 0) is 6.18 Å². The fraction of sp³-hybridized carbons (Fsp3) is 0.0435. The molecule has 0 atom stereocenters. The summed E-state index contributed by atoms with van der Waals surface area (Å²) in [5.41, 5.74) is 7.25. The van der Waals surface area contributed by atoms with Crippen LogP contribution < -0.4 is 16.4 Å². The molecular formula is C23H17F3N4O2.